The first kappa shape index (κ1) is 10.7. The van der Waals surface area contributed by atoms with Gasteiger partial charge in [-0.3, -0.25) is 9.78 Å². The monoisotopic (exact) mass is 233 g/mol. The molecule has 80 valence electrons. The smallest absolute Gasteiger partial charge is 0.155 e. The van der Waals surface area contributed by atoms with Crippen LogP contribution in [0.4, 0.5) is 0 Å². The molecule has 0 aliphatic carbocycles. The Kier molecular flexibility index (Phi) is 3.22. The van der Waals surface area contributed by atoms with E-state index in [0.717, 1.165) is 5.69 Å². The third-order valence-corrected chi connectivity index (χ3v) is 2.41. The van der Waals surface area contributed by atoms with Gasteiger partial charge in [0.2, 0.25) is 0 Å². The highest BCUT2D eigenvalue weighted by Gasteiger charge is 2.09. The van der Waals surface area contributed by atoms with Crippen LogP contribution in [0.3, 0.4) is 0 Å². The molecule has 0 saturated carbocycles. The topological polar surface area (TPSA) is 55.7 Å². The molecule has 2 heterocycles. The largest absolute Gasteiger partial charge is 0.298 e. The lowest BCUT2D eigenvalue weighted by molar-refractivity contribution is 0.112. The average Bonchev–Trinajstić information content (AvgIpc) is 2.31. The Labute approximate surface area is 97.3 Å². The minimum absolute atomic E-state index is 0.177. The van der Waals surface area contributed by atoms with Crippen molar-refractivity contribution in [2.24, 2.45) is 0 Å². The molecular formula is C11H8ClN3O. The van der Waals surface area contributed by atoms with Crippen molar-refractivity contribution in [3.05, 3.63) is 52.8 Å². The lowest BCUT2D eigenvalue weighted by Crippen LogP contribution is -2.01. The van der Waals surface area contributed by atoms with E-state index in [1.165, 1.54) is 6.33 Å². The summed E-state index contributed by atoms with van der Waals surface area (Å²) >= 11 is 5.79. The lowest BCUT2D eigenvalue weighted by Gasteiger charge is -2.03. The van der Waals surface area contributed by atoms with Crippen LogP contribution < -0.4 is 0 Å². The number of pyridine rings is 1. The van der Waals surface area contributed by atoms with Crippen LogP contribution in [0.25, 0.3) is 0 Å². The Morgan fingerprint density at radius 2 is 2.12 bits per heavy atom. The molecule has 5 heteroatoms. The molecule has 0 aliphatic heterocycles. The summed E-state index contributed by atoms with van der Waals surface area (Å²) in [5.74, 6) is 0. The number of aromatic nitrogens is 3. The van der Waals surface area contributed by atoms with Gasteiger partial charge in [0.05, 0.1) is 11.3 Å². The summed E-state index contributed by atoms with van der Waals surface area (Å²) in [5.41, 5.74) is 1.75. The minimum Gasteiger partial charge on any atom is -0.298 e. The van der Waals surface area contributed by atoms with Crippen LogP contribution >= 0.6 is 11.6 Å². The summed E-state index contributed by atoms with van der Waals surface area (Å²) in [6.07, 6.45) is 4.17. The number of nitrogens with zero attached hydrogens (tertiary/aromatic N) is 3. The zero-order valence-electron chi connectivity index (χ0n) is 8.30. The third-order valence-electron chi connectivity index (χ3n) is 2.11. The van der Waals surface area contributed by atoms with Gasteiger partial charge in [-0.1, -0.05) is 17.7 Å². The van der Waals surface area contributed by atoms with E-state index in [0.29, 0.717) is 24.0 Å². The standard InChI is InChI=1S/C11H8ClN3O/c12-11-9(6-16)10(14-7-15-11)5-8-3-1-2-4-13-8/h1-4,6-7H,5H2. The second-order valence-electron chi connectivity index (χ2n) is 3.14. The fraction of sp³-hybridized carbons (Fsp3) is 0.0909. The molecule has 0 spiro atoms. The molecule has 16 heavy (non-hydrogen) atoms. The first-order valence-corrected chi connectivity index (χ1v) is 5.03. The molecule has 0 aromatic carbocycles. The number of hydrogen-bond acceptors (Lipinski definition) is 4. The minimum atomic E-state index is 0.177. The number of carbonyl (C=O) groups is 1. The van der Waals surface area contributed by atoms with Gasteiger partial charge in [-0.15, -0.1) is 0 Å². The fourth-order valence-electron chi connectivity index (χ4n) is 1.34. The molecule has 0 N–H and O–H groups in total. The normalized spacial score (nSPS) is 10.1. The van der Waals surface area contributed by atoms with Crippen molar-refractivity contribution in [3.63, 3.8) is 0 Å². The van der Waals surface area contributed by atoms with Crippen molar-refractivity contribution in [3.8, 4) is 0 Å². The Balaban J connectivity index is 2.35. The molecule has 0 saturated heterocycles. The quantitative estimate of drug-likeness (QED) is 0.601. The maximum atomic E-state index is 10.9. The molecule has 0 amide bonds. The second kappa shape index (κ2) is 4.81. The van der Waals surface area contributed by atoms with Crippen LogP contribution in [0.5, 0.6) is 0 Å². The van der Waals surface area contributed by atoms with Crippen LogP contribution in [0, 0.1) is 0 Å². The van der Waals surface area contributed by atoms with E-state index in [4.69, 9.17) is 11.6 Å². The lowest BCUT2D eigenvalue weighted by atomic mass is 10.1. The molecule has 0 bridgehead atoms. The zero-order chi connectivity index (χ0) is 11.4. The van der Waals surface area contributed by atoms with Gasteiger partial charge in [-0.2, -0.15) is 0 Å². The number of aldehydes is 1. The summed E-state index contributed by atoms with van der Waals surface area (Å²) in [4.78, 5) is 22.8. The summed E-state index contributed by atoms with van der Waals surface area (Å²) in [7, 11) is 0. The molecule has 0 fully saturated rings. The third kappa shape index (κ3) is 2.23. The molecule has 2 aromatic heterocycles. The van der Waals surface area contributed by atoms with Crippen LogP contribution in [-0.2, 0) is 6.42 Å². The van der Waals surface area contributed by atoms with Gasteiger partial charge in [-0.25, -0.2) is 9.97 Å². The van der Waals surface area contributed by atoms with E-state index in [1.54, 1.807) is 6.20 Å². The van der Waals surface area contributed by atoms with Gasteiger partial charge in [0.15, 0.2) is 6.29 Å². The fourth-order valence-corrected chi connectivity index (χ4v) is 1.54. The van der Waals surface area contributed by atoms with E-state index in [2.05, 4.69) is 15.0 Å². The predicted molar refractivity (Wildman–Crippen MR) is 59.5 cm³/mol. The Hall–Kier alpha value is -1.81. The SMILES string of the molecule is O=Cc1c(Cl)ncnc1Cc1ccccn1. The van der Waals surface area contributed by atoms with E-state index >= 15 is 0 Å². The van der Waals surface area contributed by atoms with Crippen molar-refractivity contribution in [2.45, 2.75) is 6.42 Å². The summed E-state index contributed by atoms with van der Waals surface area (Å²) < 4.78 is 0. The Morgan fingerprint density at radius 3 is 2.81 bits per heavy atom. The molecule has 0 atom stereocenters. The maximum Gasteiger partial charge on any atom is 0.155 e. The maximum absolute atomic E-state index is 10.9. The highest BCUT2D eigenvalue weighted by atomic mass is 35.5. The van der Waals surface area contributed by atoms with Crippen LogP contribution in [0.2, 0.25) is 5.15 Å². The first-order chi connectivity index (χ1) is 7.81. The summed E-state index contributed by atoms with van der Waals surface area (Å²) in [6, 6.07) is 5.58. The van der Waals surface area contributed by atoms with E-state index in [1.807, 2.05) is 18.2 Å². The van der Waals surface area contributed by atoms with Crippen molar-refractivity contribution in [1.82, 2.24) is 15.0 Å². The molecular weight excluding hydrogens is 226 g/mol. The number of halogens is 1. The highest BCUT2D eigenvalue weighted by molar-refractivity contribution is 6.31. The number of hydrogen-bond donors (Lipinski definition) is 0. The summed E-state index contributed by atoms with van der Waals surface area (Å²) in [6.45, 7) is 0. The molecule has 0 radical (unpaired) electrons. The predicted octanol–water partition coefficient (Wildman–Crippen LogP) is 1.93. The van der Waals surface area contributed by atoms with Crippen molar-refractivity contribution in [1.29, 1.82) is 0 Å². The molecule has 4 nitrogen and oxygen atoms in total. The van der Waals surface area contributed by atoms with Crippen LogP contribution in [0.1, 0.15) is 21.7 Å². The van der Waals surface area contributed by atoms with Crippen LogP contribution in [-0.4, -0.2) is 21.2 Å². The van der Waals surface area contributed by atoms with Crippen molar-refractivity contribution in [2.75, 3.05) is 0 Å². The summed E-state index contributed by atoms with van der Waals surface area (Å²) in [5, 5.41) is 0.177. The molecule has 0 unspecified atom stereocenters. The van der Waals surface area contributed by atoms with Gasteiger partial charge in [-0.05, 0) is 12.1 Å². The van der Waals surface area contributed by atoms with Crippen LogP contribution in [0.15, 0.2) is 30.7 Å². The van der Waals surface area contributed by atoms with E-state index in [-0.39, 0.29) is 5.15 Å². The van der Waals surface area contributed by atoms with Gasteiger partial charge < -0.3 is 0 Å². The van der Waals surface area contributed by atoms with Gasteiger partial charge in [0, 0.05) is 18.3 Å². The van der Waals surface area contributed by atoms with Gasteiger partial charge >= 0.3 is 0 Å². The highest BCUT2D eigenvalue weighted by Crippen LogP contribution is 2.15. The Morgan fingerprint density at radius 1 is 1.25 bits per heavy atom. The molecule has 0 aliphatic rings. The second-order valence-corrected chi connectivity index (χ2v) is 3.50. The van der Waals surface area contributed by atoms with Crippen molar-refractivity contribution >= 4 is 17.9 Å². The first-order valence-electron chi connectivity index (χ1n) is 4.65. The number of carbonyl (C=O) groups excluding carboxylic acids is 1. The van der Waals surface area contributed by atoms with E-state index < -0.39 is 0 Å². The van der Waals surface area contributed by atoms with Crippen molar-refractivity contribution < 1.29 is 4.79 Å². The van der Waals surface area contributed by atoms with E-state index in [9.17, 15) is 4.79 Å². The Bertz CT molecular complexity index is 502. The zero-order valence-corrected chi connectivity index (χ0v) is 9.05. The number of rotatable bonds is 3. The molecule has 2 rings (SSSR count). The molecule has 2 aromatic rings. The van der Waals surface area contributed by atoms with Gasteiger partial charge in [0.25, 0.3) is 0 Å². The van der Waals surface area contributed by atoms with Gasteiger partial charge in [0.1, 0.15) is 11.5 Å². The average molecular weight is 234 g/mol.